The number of piperidine rings is 1. The molecule has 0 aliphatic carbocycles. The highest BCUT2D eigenvalue weighted by Crippen LogP contribution is 2.22. The molecule has 2 heteroatoms. The minimum absolute atomic E-state index is 0.871. The average Bonchev–Trinajstić information content (AvgIpc) is 2.65. The molecule has 0 radical (unpaired) electrons. The van der Waals surface area contributed by atoms with Crippen molar-refractivity contribution in [3.63, 3.8) is 0 Å². The summed E-state index contributed by atoms with van der Waals surface area (Å²) in [6, 6.07) is 21.9. The molecule has 1 aliphatic rings. The lowest BCUT2D eigenvalue weighted by atomic mass is 9.90. The summed E-state index contributed by atoms with van der Waals surface area (Å²) in [7, 11) is 4.64. The second-order valence-electron chi connectivity index (χ2n) is 8.07. The molecule has 0 amide bonds. The quantitative estimate of drug-likeness (QED) is 0.668. The first-order valence-electron chi connectivity index (χ1n) is 9.78. The van der Waals surface area contributed by atoms with Crippen molar-refractivity contribution in [1.82, 2.24) is 9.38 Å². The van der Waals surface area contributed by atoms with E-state index >= 15 is 0 Å². The molecule has 25 heavy (non-hydrogen) atoms. The molecule has 3 rings (SSSR count). The van der Waals surface area contributed by atoms with Gasteiger partial charge in [-0.2, -0.15) is 0 Å². The van der Waals surface area contributed by atoms with Gasteiger partial charge >= 0.3 is 0 Å². The fourth-order valence-corrected chi connectivity index (χ4v) is 4.01. The van der Waals surface area contributed by atoms with E-state index in [9.17, 15) is 0 Å². The number of nitrogens with zero attached hydrogens (tertiary/aromatic N) is 2. The third-order valence-electron chi connectivity index (χ3n) is 5.72. The highest BCUT2D eigenvalue weighted by molar-refractivity contribution is 5.40. The summed E-state index contributed by atoms with van der Waals surface area (Å²) < 4.78 is 0.977. The average molecular weight is 338 g/mol. The van der Waals surface area contributed by atoms with Crippen LogP contribution in [0.4, 0.5) is 5.69 Å². The highest BCUT2D eigenvalue weighted by Gasteiger charge is 2.21. The van der Waals surface area contributed by atoms with Crippen molar-refractivity contribution in [3.8, 4) is 0 Å². The maximum Gasteiger partial charge on any atom is 0.132 e. The van der Waals surface area contributed by atoms with E-state index in [0.717, 1.165) is 10.4 Å². The Bertz CT molecular complexity index is 613. The normalized spacial score (nSPS) is 16.9. The van der Waals surface area contributed by atoms with Crippen LogP contribution in [-0.2, 0) is 6.42 Å². The lowest BCUT2D eigenvalue weighted by Crippen LogP contribution is -2.43. The minimum atomic E-state index is 0.871. The Morgan fingerprint density at radius 2 is 1.48 bits per heavy atom. The Labute approximate surface area is 153 Å². The van der Waals surface area contributed by atoms with Gasteiger partial charge in [-0.1, -0.05) is 48.5 Å². The molecular weight excluding hydrogens is 304 g/mol. The lowest BCUT2D eigenvalue weighted by molar-refractivity contribution is 0.177. The zero-order valence-electron chi connectivity index (χ0n) is 15.9. The molecule has 1 saturated heterocycles. The Balaban J connectivity index is 1.38. The van der Waals surface area contributed by atoms with E-state index in [0.29, 0.717) is 0 Å². The highest BCUT2D eigenvalue weighted by atomic mass is 15.3. The van der Waals surface area contributed by atoms with Crippen LogP contribution in [0.5, 0.6) is 0 Å². The molecule has 0 spiro atoms. The number of quaternary nitrogens is 1. The van der Waals surface area contributed by atoms with Crippen LogP contribution >= 0.6 is 0 Å². The van der Waals surface area contributed by atoms with Gasteiger partial charge in [0.2, 0.25) is 0 Å². The molecule has 2 aromatic rings. The fourth-order valence-electron chi connectivity index (χ4n) is 4.01. The zero-order valence-corrected chi connectivity index (χ0v) is 15.9. The molecule has 1 aliphatic heterocycles. The fraction of sp³-hybridized carbons (Fsp3) is 0.478. The van der Waals surface area contributed by atoms with Crippen molar-refractivity contribution in [2.45, 2.75) is 25.7 Å². The van der Waals surface area contributed by atoms with Crippen LogP contribution in [0, 0.1) is 5.92 Å². The van der Waals surface area contributed by atoms with Crippen molar-refractivity contribution < 1.29 is 0 Å². The van der Waals surface area contributed by atoms with Crippen LogP contribution in [-0.4, -0.2) is 45.2 Å². The summed E-state index contributed by atoms with van der Waals surface area (Å²) in [4.78, 5) is 2.67. The van der Waals surface area contributed by atoms with Gasteiger partial charge in [0, 0.05) is 13.0 Å². The third-order valence-corrected chi connectivity index (χ3v) is 5.72. The zero-order chi connectivity index (χ0) is 17.5. The van der Waals surface area contributed by atoms with Gasteiger partial charge in [-0.3, -0.25) is 4.48 Å². The van der Waals surface area contributed by atoms with Crippen LogP contribution in [0.3, 0.4) is 0 Å². The summed E-state index contributed by atoms with van der Waals surface area (Å²) in [5, 5.41) is 0. The predicted molar refractivity (Wildman–Crippen MR) is 109 cm³/mol. The first-order valence-corrected chi connectivity index (χ1v) is 9.78. The van der Waals surface area contributed by atoms with Gasteiger partial charge in [-0.05, 0) is 56.0 Å². The number of rotatable bonds is 7. The Morgan fingerprint density at radius 1 is 0.880 bits per heavy atom. The maximum atomic E-state index is 2.67. The Hall–Kier alpha value is -1.64. The molecule has 2 nitrogen and oxygen atoms in total. The van der Waals surface area contributed by atoms with Crippen LogP contribution in [0.1, 0.15) is 24.8 Å². The molecule has 1 fully saturated rings. The van der Waals surface area contributed by atoms with E-state index in [1.54, 1.807) is 0 Å². The standard InChI is InChI=1S/C23H33N2/c1-25(2,23-12-7-4-8-13-23)19-9-16-24-17-14-22(15-18-24)20-21-10-5-3-6-11-21/h3-8,10-13,22H,9,14-20H2,1-2H3/q+1. The van der Waals surface area contributed by atoms with E-state index in [-0.39, 0.29) is 0 Å². The van der Waals surface area contributed by atoms with E-state index in [1.165, 1.54) is 63.1 Å². The largest absolute Gasteiger partial charge is 0.303 e. The summed E-state index contributed by atoms with van der Waals surface area (Å²) >= 11 is 0. The van der Waals surface area contributed by atoms with Crippen molar-refractivity contribution in [2.24, 2.45) is 5.92 Å². The first kappa shape index (κ1) is 18.2. The van der Waals surface area contributed by atoms with Crippen molar-refractivity contribution >= 4 is 5.69 Å². The van der Waals surface area contributed by atoms with Gasteiger partial charge in [0.05, 0.1) is 20.6 Å². The monoisotopic (exact) mass is 337 g/mol. The SMILES string of the molecule is C[N+](C)(CCCN1CCC(Cc2ccccc2)CC1)c1ccccc1. The summed E-state index contributed by atoms with van der Waals surface area (Å²) in [5.74, 6) is 0.871. The molecule has 0 N–H and O–H groups in total. The van der Waals surface area contributed by atoms with Crippen LogP contribution < -0.4 is 4.48 Å². The molecule has 0 bridgehead atoms. The van der Waals surface area contributed by atoms with Crippen molar-refractivity contribution in [2.75, 3.05) is 40.3 Å². The molecule has 0 atom stereocenters. The molecule has 134 valence electrons. The number of para-hydroxylation sites is 1. The second-order valence-corrected chi connectivity index (χ2v) is 8.07. The van der Waals surface area contributed by atoms with Gasteiger partial charge in [0.15, 0.2) is 0 Å². The number of hydrogen-bond donors (Lipinski definition) is 0. The summed E-state index contributed by atoms with van der Waals surface area (Å²) in [6.45, 7) is 4.99. The van der Waals surface area contributed by atoms with E-state index < -0.39 is 0 Å². The molecule has 0 aromatic heterocycles. The number of hydrogen-bond acceptors (Lipinski definition) is 1. The maximum absolute atomic E-state index is 2.67. The summed E-state index contributed by atoms with van der Waals surface area (Å²) in [6.07, 6.45) is 5.23. The van der Waals surface area contributed by atoms with Crippen molar-refractivity contribution in [3.05, 3.63) is 66.2 Å². The number of benzene rings is 2. The minimum Gasteiger partial charge on any atom is -0.303 e. The van der Waals surface area contributed by atoms with Crippen LogP contribution in [0.25, 0.3) is 0 Å². The van der Waals surface area contributed by atoms with Gasteiger partial charge in [0.1, 0.15) is 5.69 Å². The second kappa shape index (κ2) is 8.64. The molecule has 0 saturated carbocycles. The predicted octanol–water partition coefficient (Wildman–Crippen LogP) is 4.60. The van der Waals surface area contributed by atoms with Crippen LogP contribution in [0.15, 0.2) is 60.7 Å². The third kappa shape index (κ3) is 5.42. The molecular formula is C23H33N2+. The van der Waals surface area contributed by atoms with Gasteiger partial charge < -0.3 is 4.90 Å². The molecule has 1 heterocycles. The molecule has 0 unspecified atom stereocenters. The van der Waals surface area contributed by atoms with Gasteiger partial charge in [-0.15, -0.1) is 0 Å². The van der Waals surface area contributed by atoms with E-state index in [2.05, 4.69) is 79.7 Å². The van der Waals surface area contributed by atoms with Crippen molar-refractivity contribution in [1.29, 1.82) is 0 Å². The molecule has 2 aromatic carbocycles. The smallest absolute Gasteiger partial charge is 0.132 e. The topological polar surface area (TPSA) is 3.24 Å². The van der Waals surface area contributed by atoms with E-state index in [1.807, 2.05) is 0 Å². The van der Waals surface area contributed by atoms with Crippen LogP contribution in [0.2, 0.25) is 0 Å². The Kier molecular flexibility index (Phi) is 6.28. The van der Waals surface area contributed by atoms with Gasteiger partial charge in [0.25, 0.3) is 0 Å². The lowest BCUT2D eigenvalue weighted by Gasteiger charge is -2.34. The van der Waals surface area contributed by atoms with E-state index in [4.69, 9.17) is 0 Å². The summed E-state index contributed by atoms with van der Waals surface area (Å²) in [5.41, 5.74) is 2.91. The Morgan fingerprint density at radius 3 is 2.12 bits per heavy atom. The van der Waals surface area contributed by atoms with Gasteiger partial charge in [-0.25, -0.2) is 0 Å². The number of likely N-dealkylation sites (tertiary alicyclic amines) is 1. The first-order chi connectivity index (χ1) is 12.1.